The van der Waals surface area contributed by atoms with E-state index in [4.69, 9.17) is 0 Å². The topological polar surface area (TPSA) is 6.48 Å². The molecule has 0 aromatic carbocycles. The van der Waals surface area contributed by atoms with E-state index in [9.17, 15) is 0 Å². The highest BCUT2D eigenvalue weighted by Gasteiger charge is 2.20. The van der Waals surface area contributed by atoms with Crippen LogP contribution in [0.3, 0.4) is 0 Å². The van der Waals surface area contributed by atoms with Gasteiger partial charge in [-0.05, 0) is 0 Å². The van der Waals surface area contributed by atoms with Crippen LogP contribution in [-0.4, -0.2) is 36.0 Å². The van der Waals surface area contributed by atoms with Gasteiger partial charge in [0.05, 0.1) is 0 Å². The largest absolute Gasteiger partial charge is 0.272 e. The van der Waals surface area contributed by atoms with Crippen LogP contribution in [0.1, 0.15) is 0 Å². The zero-order chi connectivity index (χ0) is 13.1. The second-order valence-electron chi connectivity index (χ2n) is 3.53. The number of hydrogen-bond acceptors (Lipinski definition) is 2. The van der Waals surface area contributed by atoms with Crippen molar-refractivity contribution in [3.05, 3.63) is 69.4 Å². The van der Waals surface area contributed by atoms with Crippen LogP contribution in [-0.2, 0) is 0 Å². The van der Waals surface area contributed by atoms with Crippen molar-refractivity contribution in [2.24, 2.45) is 0 Å². The van der Waals surface area contributed by atoms with Crippen molar-refractivity contribution in [3.63, 3.8) is 0 Å². The summed E-state index contributed by atoms with van der Waals surface area (Å²) in [6, 6.07) is 0. The first kappa shape index (κ1) is 15.6. The third-order valence-electron chi connectivity index (χ3n) is 2.23. The molecule has 0 bridgehead atoms. The first-order chi connectivity index (χ1) is 8.24. The van der Waals surface area contributed by atoms with Crippen LogP contribution in [0.4, 0.5) is 0 Å². The molecule has 0 aliphatic carbocycles. The minimum absolute atomic E-state index is 0.762. The van der Waals surface area contributed by atoms with Crippen molar-refractivity contribution in [1.29, 1.82) is 0 Å². The Balaban J connectivity index is 4.84. The maximum Gasteiger partial charge on any atom is 0.130 e. The molecule has 0 rings (SSSR count). The average Bonchev–Trinajstić information content (AvgIpc) is 2.31. The van der Waals surface area contributed by atoms with E-state index < -0.39 is 0 Å². The molecule has 93 valence electrons. The Morgan fingerprint density at radius 3 is 1.12 bits per heavy atom. The second kappa shape index (κ2) is 9.82. The molecule has 2 heteroatoms. The smallest absolute Gasteiger partial charge is 0.130 e. The van der Waals surface area contributed by atoms with Gasteiger partial charge >= 0.3 is 0 Å². The lowest BCUT2D eigenvalue weighted by Crippen LogP contribution is -2.41. The molecule has 0 aromatic heterocycles. The maximum atomic E-state index is 3.87. The summed E-state index contributed by atoms with van der Waals surface area (Å²) in [5, 5.41) is 0. The van der Waals surface area contributed by atoms with E-state index >= 15 is 0 Å². The number of hydrogen-bond donors (Lipinski definition) is 0. The summed E-state index contributed by atoms with van der Waals surface area (Å²) >= 11 is 0. The molecule has 0 spiro atoms. The van der Waals surface area contributed by atoms with Gasteiger partial charge < -0.3 is 0 Å². The molecule has 0 amide bonds. The third kappa shape index (κ3) is 5.48. The SMILES string of the molecule is C=CCN(CC=C)[C](C=C)N(CC=C)CC=C. The molecular formula is C15H23N2. The van der Waals surface area contributed by atoms with E-state index in [2.05, 4.69) is 42.7 Å². The Labute approximate surface area is 106 Å². The van der Waals surface area contributed by atoms with Gasteiger partial charge in [-0.2, -0.15) is 0 Å². The maximum absolute atomic E-state index is 3.87. The van der Waals surface area contributed by atoms with Crippen molar-refractivity contribution in [2.75, 3.05) is 26.2 Å². The first-order valence-electron chi connectivity index (χ1n) is 5.68. The molecule has 0 aromatic rings. The van der Waals surface area contributed by atoms with Crippen molar-refractivity contribution < 1.29 is 0 Å². The molecule has 0 fully saturated rings. The molecule has 0 atom stereocenters. The molecule has 0 saturated carbocycles. The third-order valence-corrected chi connectivity index (χ3v) is 2.23. The van der Waals surface area contributed by atoms with E-state index in [-0.39, 0.29) is 0 Å². The van der Waals surface area contributed by atoms with Gasteiger partial charge in [0.25, 0.3) is 0 Å². The molecule has 0 heterocycles. The van der Waals surface area contributed by atoms with Gasteiger partial charge in [0, 0.05) is 26.2 Å². The lowest BCUT2D eigenvalue weighted by Gasteiger charge is -2.34. The summed E-state index contributed by atoms with van der Waals surface area (Å²) in [4.78, 5) is 4.31. The summed E-state index contributed by atoms with van der Waals surface area (Å²) in [6.45, 7) is 22.0. The molecule has 1 radical (unpaired) electrons. The lowest BCUT2D eigenvalue weighted by atomic mass is 10.3. The fourth-order valence-electron chi connectivity index (χ4n) is 1.60. The lowest BCUT2D eigenvalue weighted by molar-refractivity contribution is 0.208. The van der Waals surface area contributed by atoms with Gasteiger partial charge in [0.2, 0.25) is 0 Å². The van der Waals surface area contributed by atoms with Crippen molar-refractivity contribution in [3.8, 4) is 0 Å². The molecule has 0 N–H and O–H groups in total. The Bertz CT molecular complexity index is 224. The van der Waals surface area contributed by atoms with Gasteiger partial charge in [-0.1, -0.05) is 37.0 Å². The molecule has 0 saturated heterocycles. The Hall–Kier alpha value is -1.38. The minimum Gasteiger partial charge on any atom is -0.272 e. The van der Waals surface area contributed by atoms with Gasteiger partial charge in [-0.3, -0.25) is 9.80 Å². The summed E-state index contributed by atoms with van der Waals surface area (Å²) in [6.07, 6.45) is 10.4. The monoisotopic (exact) mass is 231 g/mol. The summed E-state index contributed by atoms with van der Waals surface area (Å²) < 4.78 is 0. The number of nitrogens with zero attached hydrogens (tertiary/aromatic N) is 2. The normalized spacial score (nSPS) is 10.5. The van der Waals surface area contributed by atoms with Crippen molar-refractivity contribution in [2.45, 2.75) is 0 Å². The molecular weight excluding hydrogens is 208 g/mol. The highest BCUT2D eigenvalue weighted by atomic mass is 15.3. The van der Waals surface area contributed by atoms with Gasteiger partial charge in [-0.15, -0.1) is 26.3 Å². The van der Waals surface area contributed by atoms with Crippen LogP contribution >= 0.6 is 0 Å². The molecule has 0 unspecified atom stereocenters. The standard InChI is InChI=1S/C15H23N2/c1-6-11-16(12-7-2)15(10-5)17(13-8-3)14-9-4/h6-10H,1-5,11-14H2. The van der Waals surface area contributed by atoms with Crippen molar-refractivity contribution in [1.82, 2.24) is 9.80 Å². The summed E-state index contributed by atoms with van der Waals surface area (Å²) in [5.41, 5.74) is 0. The Morgan fingerprint density at radius 2 is 0.941 bits per heavy atom. The minimum atomic E-state index is 0.762. The van der Waals surface area contributed by atoms with Gasteiger partial charge in [0.1, 0.15) is 6.17 Å². The van der Waals surface area contributed by atoms with E-state index in [1.165, 1.54) is 0 Å². The summed E-state index contributed by atoms with van der Waals surface area (Å²) in [7, 11) is 0. The molecule has 0 aliphatic rings. The molecule has 17 heavy (non-hydrogen) atoms. The van der Waals surface area contributed by atoms with Crippen molar-refractivity contribution >= 4 is 0 Å². The fraction of sp³-hybridized carbons (Fsp3) is 0.267. The van der Waals surface area contributed by atoms with Crippen LogP contribution in [0.25, 0.3) is 0 Å². The van der Waals surface area contributed by atoms with Gasteiger partial charge in [0.15, 0.2) is 0 Å². The van der Waals surface area contributed by atoms with E-state index in [1.54, 1.807) is 0 Å². The Kier molecular flexibility index (Phi) is 9.02. The van der Waals surface area contributed by atoms with Crippen LogP contribution in [0.2, 0.25) is 0 Å². The summed E-state index contributed by atoms with van der Waals surface area (Å²) in [5.74, 6) is 0. The highest BCUT2D eigenvalue weighted by molar-refractivity contribution is 5.09. The van der Waals surface area contributed by atoms with E-state index in [0.717, 1.165) is 32.3 Å². The Morgan fingerprint density at radius 1 is 0.647 bits per heavy atom. The first-order valence-corrected chi connectivity index (χ1v) is 5.68. The zero-order valence-electron chi connectivity index (χ0n) is 10.6. The van der Waals surface area contributed by atoms with Crippen LogP contribution < -0.4 is 0 Å². The van der Waals surface area contributed by atoms with E-state index in [1.807, 2.05) is 30.4 Å². The molecule has 2 nitrogen and oxygen atoms in total. The second-order valence-corrected chi connectivity index (χ2v) is 3.53. The van der Waals surface area contributed by atoms with E-state index in [0.29, 0.717) is 0 Å². The quantitative estimate of drug-likeness (QED) is 0.504. The van der Waals surface area contributed by atoms with Gasteiger partial charge in [-0.25, -0.2) is 0 Å². The van der Waals surface area contributed by atoms with Crippen LogP contribution in [0.15, 0.2) is 63.3 Å². The predicted molar refractivity (Wildman–Crippen MR) is 77.4 cm³/mol. The average molecular weight is 231 g/mol. The number of rotatable bonds is 11. The zero-order valence-corrected chi connectivity index (χ0v) is 10.6. The van der Waals surface area contributed by atoms with Crippen LogP contribution in [0, 0.1) is 6.17 Å². The highest BCUT2D eigenvalue weighted by Crippen LogP contribution is 2.16. The molecule has 0 aliphatic heterocycles. The fourth-order valence-corrected chi connectivity index (χ4v) is 1.60. The van der Waals surface area contributed by atoms with Crippen LogP contribution in [0.5, 0.6) is 0 Å². The predicted octanol–water partition coefficient (Wildman–Crippen LogP) is 3.01.